The number of hydrogen-bond donors (Lipinski definition) is 1. The van der Waals surface area contributed by atoms with Gasteiger partial charge in [0.2, 0.25) is 0 Å². The Kier molecular flexibility index (Phi) is 4.78. The second-order valence-electron chi connectivity index (χ2n) is 5.80. The minimum atomic E-state index is -0.896. The van der Waals surface area contributed by atoms with Gasteiger partial charge in [-0.25, -0.2) is 9.78 Å². The number of aliphatic hydroxyl groups excluding tert-OH is 1. The third-order valence-corrected chi connectivity index (χ3v) is 3.59. The molecule has 0 radical (unpaired) electrons. The fourth-order valence-corrected chi connectivity index (χ4v) is 2.04. The summed E-state index contributed by atoms with van der Waals surface area (Å²) in [6.45, 7) is 5.52. The van der Waals surface area contributed by atoms with E-state index < -0.39 is 11.2 Å². The van der Waals surface area contributed by atoms with E-state index in [-0.39, 0.29) is 6.61 Å². The lowest BCUT2D eigenvalue weighted by atomic mass is 9.97. The summed E-state index contributed by atoms with van der Waals surface area (Å²) in [5.74, 6) is 0. The second kappa shape index (κ2) is 6.39. The molecule has 0 saturated carbocycles. The summed E-state index contributed by atoms with van der Waals surface area (Å²) < 4.78 is 0. The quantitative estimate of drug-likeness (QED) is 0.649. The average molecular weight is 286 g/mol. The maximum absolute atomic E-state index is 9.70. The maximum Gasteiger partial charge on any atom is 0.149 e. The van der Waals surface area contributed by atoms with Crippen LogP contribution in [-0.2, 0) is 21.0 Å². The van der Waals surface area contributed by atoms with Gasteiger partial charge in [0.05, 0.1) is 6.61 Å². The van der Waals surface area contributed by atoms with E-state index in [4.69, 9.17) is 9.78 Å². The zero-order chi connectivity index (χ0) is 15.3. The Hall–Kier alpha value is -1.68. The molecular weight excluding hydrogens is 264 g/mol. The first-order chi connectivity index (χ1) is 9.98. The lowest BCUT2D eigenvalue weighted by molar-refractivity contribution is -0.417. The highest BCUT2D eigenvalue weighted by Gasteiger charge is 2.32. The van der Waals surface area contributed by atoms with E-state index in [1.807, 2.05) is 81.4 Å². The van der Waals surface area contributed by atoms with Crippen LogP contribution in [0.1, 0.15) is 31.9 Å². The minimum Gasteiger partial charge on any atom is -0.393 e. The lowest BCUT2D eigenvalue weighted by Crippen LogP contribution is -2.34. The summed E-state index contributed by atoms with van der Waals surface area (Å²) in [4.78, 5) is 11.3. The van der Waals surface area contributed by atoms with Crippen LogP contribution in [0.25, 0.3) is 0 Å². The van der Waals surface area contributed by atoms with Crippen molar-refractivity contribution >= 4 is 0 Å². The van der Waals surface area contributed by atoms with Gasteiger partial charge in [-0.3, -0.25) is 0 Å². The molecular formula is C18H22O3. The molecule has 0 heterocycles. The fourth-order valence-electron chi connectivity index (χ4n) is 2.04. The molecule has 3 nitrogen and oxygen atoms in total. The van der Waals surface area contributed by atoms with Gasteiger partial charge in [0.25, 0.3) is 0 Å². The Labute approximate surface area is 126 Å². The summed E-state index contributed by atoms with van der Waals surface area (Å²) in [5, 5.41) is 9.70. The van der Waals surface area contributed by atoms with Crippen LogP contribution < -0.4 is 0 Å². The Morgan fingerprint density at radius 2 is 1.24 bits per heavy atom. The number of aliphatic hydroxyl groups is 1. The highest BCUT2D eigenvalue weighted by Crippen LogP contribution is 2.31. The molecule has 0 saturated heterocycles. The van der Waals surface area contributed by atoms with Gasteiger partial charge in [-0.1, -0.05) is 60.7 Å². The van der Waals surface area contributed by atoms with Gasteiger partial charge in [0.15, 0.2) is 0 Å². The summed E-state index contributed by atoms with van der Waals surface area (Å²) >= 11 is 0. The predicted octanol–water partition coefficient (Wildman–Crippen LogP) is 3.78. The fraction of sp³-hybridized carbons (Fsp3) is 0.333. The highest BCUT2D eigenvalue weighted by molar-refractivity contribution is 5.22. The Balaban J connectivity index is 2.13. The zero-order valence-corrected chi connectivity index (χ0v) is 12.7. The van der Waals surface area contributed by atoms with Crippen molar-refractivity contribution in [3.8, 4) is 0 Å². The molecule has 112 valence electrons. The topological polar surface area (TPSA) is 38.7 Å². The molecule has 0 bridgehead atoms. The van der Waals surface area contributed by atoms with E-state index in [1.165, 1.54) is 0 Å². The molecule has 21 heavy (non-hydrogen) atoms. The van der Waals surface area contributed by atoms with Crippen molar-refractivity contribution in [2.24, 2.45) is 0 Å². The first-order valence-electron chi connectivity index (χ1n) is 7.07. The molecule has 0 aliphatic rings. The maximum atomic E-state index is 9.70. The standard InChI is InChI=1S/C18H22O3/c1-17(2,15-10-6-4-7-11-15)20-21-18(3,14-19)16-12-8-5-9-13-16/h4-13,19H,14H2,1-3H3. The Morgan fingerprint density at radius 1 is 0.762 bits per heavy atom. The van der Waals surface area contributed by atoms with Crippen LogP contribution in [0.15, 0.2) is 60.7 Å². The lowest BCUT2D eigenvalue weighted by Gasteiger charge is -2.32. The monoisotopic (exact) mass is 286 g/mol. The smallest absolute Gasteiger partial charge is 0.149 e. The number of hydrogen-bond acceptors (Lipinski definition) is 3. The molecule has 2 rings (SSSR count). The average Bonchev–Trinajstić information content (AvgIpc) is 2.54. The molecule has 0 aliphatic heterocycles. The molecule has 1 N–H and O–H groups in total. The van der Waals surface area contributed by atoms with Crippen molar-refractivity contribution in [1.82, 2.24) is 0 Å². The molecule has 0 amide bonds. The van der Waals surface area contributed by atoms with E-state index in [2.05, 4.69) is 0 Å². The minimum absolute atomic E-state index is 0.165. The van der Waals surface area contributed by atoms with Crippen LogP contribution in [0.3, 0.4) is 0 Å². The molecule has 1 unspecified atom stereocenters. The van der Waals surface area contributed by atoms with Gasteiger partial charge >= 0.3 is 0 Å². The summed E-state index contributed by atoms with van der Waals surface area (Å²) in [5.41, 5.74) is 0.384. The van der Waals surface area contributed by atoms with Crippen LogP contribution >= 0.6 is 0 Å². The highest BCUT2D eigenvalue weighted by atomic mass is 17.2. The van der Waals surface area contributed by atoms with Crippen molar-refractivity contribution in [2.75, 3.05) is 6.61 Å². The summed E-state index contributed by atoms with van der Waals surface area (Å²) in [6.07, 6.45) is 0. The molecule has 0 aliphatic carbocycles. The van der Waals surface area contributed by atoms with Crippen molar-refractivity contribution in [3.05, 3.63) is 71.8 Å². The van der Waals surface area contributed by atoms with Crippen LogP contribution in [0.5, 0.6) is 0 Å². The van der Waals surface area contributed by atoms with Crippen LogP contribution in [0.4, 0.5) is 0 Å². The zero-order valence-electron chi connectivity index (χ0n) is 12.7. The van der Waals surface area contributed by atoms with Gasteiger partial charge in [0, 0.05) is 0 Å². The van der Waals surface area contributed by atoms with Crippen molar-refractivity contribution in [3.63, 3.8) is 0 Å². The third-order valence-electron chi connectivity index (χ3n) is 3.59. The van der Waals surface area contributed by atoms with E-state index in [9.17, 15) is 5.11 Å². The van der Waals surface area contributed by atoms with E-state index in [0.29, 0.717) is 0 Å². The molecule has 3 heteroatoms. The van der Waals surface area contributed by atoms with E-state index in [0.717, 1.165) is 11.1 Å². The largest absolute Gasteiger partial charge is 0.393 e. The van der Waals surface area contributed by atoms with E-state index >= 15 is 0 Å². The van der Waals surface area contributed by atoms with Crippen LogP contribution in [0, 0.1) is 0 Å². The van der Waals surface area contributed by atoms with E-state index in [1.54, 1.807) is 0 Å². The van der Waals surface area contributed by atoms with Gasteiger partial charge in [-0.15, -0.1) is 0 Å². The first kappa shape index (κ1) is 15.7. The number of rotatable bonds is 6. The molecule has 2 aromatic carbocycles. The predicted molar refractivity (Wildman–Crippen MR) is 82.5 cm³/mol. The Morgan fingerprint density at radius 3 is 1.71 bits per heavy atom. The first-order valence-corrected chi connectivity index (χ1v) is 7.07. The van der Waals surface area contributed by atoms with Crippen LogP contribution in [-0.4, -0.2) is 11.7 Å². The molecule has 0 aromatic heterocycles. The summed E-state index contributed by atoms with van der Waals surface area (Å²) in [7, 11) is 0. The SMILES string of the molecule is CC(C)(OOC(C)(CO)c1ccccc1)c1ccccc1. The second-order valence-corrected chi connectivity index (χ2v) is 5.80. The summed E-state index contributed by atoms with van der Waals surface area (Å²) in [6, 6.07) is 19.4. The van der Waals surface area contributed by atoms with Gasteiger partial charge < -0.3 is 5.11 Å². The molecule has 1 atom stereocenters. The van der Waals surface area contributed by atoms with Gasteiger partial charge in [-0.05, 0) is 31.9 Å². The van der Waals surface area contributed by atoms with Crippen molar-refractivity contribution in [2.45, 2.75) is 32.0 Å². The van der Waals surface area contributed by atoms with Crippen LogP contribution in [0.2, 0.25) is 0 Å². The normalized spacial score (nSPS) is 14.7. The molecule has 2 aromatic rings. The van der Waals surface area contributed by atoms with Crippen molar-refractivity contribution < 1.29 is 14.9 Å². The van der Waals surface area contributed by atoms with Crippen molar-refractivity contribution in [1.29, 1.82) is 0 Å². The number of benzene rings is 2. The van der Waals surface area contributed by atoms with Gasteiger partial charge in [-0.2, -0.15) is 0 Å². The Bertz CT molecular complexity index is 551. The van der Waals surface area contributed by atoms with Gasteiger partial charge in [0.1, 0.15) is 11.2 Å². The third kappa shape index (κ3) is 3.70. The molecule has 0 fully saturated rings. The molecule has 0 spiro atoms.